The summed E-state index contributed by atoms with van der Waals surface area (Å²) in [5.74, 6) is -0.481. The van der Waals surface area contributed by atoms with Crippen molar-refractivity contribution in [3.63, 3.8) is 0 Å². The molecular formula is C17H18FNO2. The Morgan fingerprint density at radius 1 is 1.05 bits per heavy atom. The van der Waals surface area contributed by atoms with Crippen molar-refractivity contribution in [3.8, 4) is 0 Å². The summed E-state index contributed by atoms with van der Waals surface area (Å²) in [4.78, 5) is 11.8. The predicted octanol–water partition coefficient (Wildman–Crippen LogP) is 2.71. The van der Waals surface area contributed by atoms with E-state index in [9.17, 15) is 14.3 Å². The molecule has 21 heavy (non-hydrogen) atoms. The Morgan fingerprint density at radius 3 is 2.24 bits per heavy atom. The van der Waals surface area contributed by atoms with E-state index in [1.54, 1.807) is 30.3 Å². The first-order valence-electron chi connectivity index (χ1n) is 6.89. The van der Waals surface area contributed by atoms with E-state index in [2.05, 4.69) is 5.32 Å². The average Bonchev–Trinajstić information content (AvgIpc) is 2.54. The van der Waals surface area contributed by atoms with Crippen molar-refractivity contribution in [2.75, 3.05) is 0 Å². The number of carbonyl (C=O) groups excluding carboxylic acids is 1. The number of halogens is 1. The number of hydrogen-bond donors (Lipinski definition) is 2. The minimum atomic E-state index is -1.50. The topological polar surface area (TPSA) is 49.3 Å². The lowest BCUT2D eigenvalue weighted by molar-refractivity contribution is 0.0397. The second kappa shape index (κ2) is 7.55. The van der Waals surface area contributed by atoms with E-state index in [1.807, 2.05) is 30.3 Å². The van der Waals surface area contributed by atoms with Crippen LogP contribution in [0, 0.1) is 0 Å². The maximum atomic E-state index is 13.9. The van der Waals surface area contributed by atoms with E-state index < -0.39 is 18.3 Å². The van der Waals surface area contributed by atoms with Crippen molar-refractivity contribution in [1.29, 1.82) is 0 Å². The first-order chi connectivity index (χ1) is 10.2. The van der Waals surface area contributed by atoms with E-state index in [-0.39, 0.29) is 6.42 Å². The van der Waals surface area contributed by atoms with Crippen LogP contribution in [-0.4, -0.2) is 23.4 Å². The first-order valence-corrected chi connectivity index (χ1v) is 6.89. The lowest BCUT2D eigenvalue weighted by atomic mass is 10.1. The molecule has 0 aliphatic heterocycles. The van der Waals surface area contributed by atoms with Crippen LogP contribution in [0.3, 0.4) is 0 Å². The minimum absolute atomic E-state index is 0.153. The van der Waals surface area contributed by atoms with E-state index in [0.29, 0.717) is 12.0 Å². The third-order valence-corrected chi connectivity index (χ3v) is 3.21. The molecule has 1 amide bonds. The molecule has 110 valence electrons. The van der Waals surface area contributed by atoms with Crippen LogP contribution in [0.2, 0.25) is 0 Å². The second-order valence-corrected chi connectivity index (χ2v) is 4.82. The zero-order valence-electron chi connectivity index (χ0n) is 11.6. The number of aliphatic hydroxyl groups excluding tert-OH is 1. The van der Waals surface area contributed by atoms with Crippen molar-refractivity contribution in [1.82, 2.24) is 5.32 Å². The van der Waals surface area contributed by atoms with Crippen LogP contribution >= 0.6 is 0 Å². The highest BCUT2D eigenvalue weighted by Gasteiger charge is 2.20. The molecule has 2 N–H and O–H groups in total. The smallest absolute Gasteiger partial charge is 0.253 e. The third-order valence-electron chi connectivity index (χ3n) is 3.21. The summed E-state index contributed by atoms with van der Waals surface area (Å²) in [5, 5.41) is 12.0. The van der Waals surface area contributed by atoms with E-state index in [4.69, 9.17) is 0 Å². The molecule has 2 atom stereocenters. The number of amides is 1. The molecule has 0 aromatic heterocycles. The Balaban J connectivity index is 1.82. The number of aryl methyl sites for hydroxylation is 1. The molecule has 4 heteroatoms. The van der Waals surface area contributed by atoms with Gasteiger partial charge in [0.25, 0.3) is 5.91 Å². The van der Waals surface area contributed by atoms with Crippen LogP contribution in [0.1, 0.15) is 22.3 Å². The fourth-order valence-electron chi connectivity index (χ4n) is 2.00. The standard InChI is InChI=1S/C17H18FNO2/c18-15(12-11-13-7-3-1-4-8-13)17(21)19-16(20)14-9-5-2-6-10-14/h1-10,15,17,21H,11-12H2,(H,19,20)/t15-,17+/m0/s1. The van der Waals surface area contributed by atoms with Gasteiger partial charge in [0, 0.05) is 5.56 Å². The molecular weight excluding hydrogens is 269 g/mol. The molecule has 0 unspecified atom stereocenters. The maximum Gasteiger partial charge on any atom is 0.253 e. The van der Waals surface area contributed by atoms with Gasteiger partial charge < -0.3 is 10.4 Å². The van der Waals surface area contributed by atoms with E-state index in [0.717, 1.165) is 5.56 Å². The number of hydrogen-bond acceptors (Lipinski definition) is 2. The third kappa shape index (κ3) is 4.68. The molecule has 2 aromatic carbocycles. The van der Waals surface area contributed by atoms with Crippen molar-refractivity contribution in [3.05, 3.63) is 71.8 Å². The Morgan fingerprint density at radius 2 is 1.62 bits per heavy atom. The molecule has 0 aliphatic carbocycles. The number of rotatable bonds is 6. The summed E-state index contributed by atoms with van der Waals surface area (Å²) in [6.45, 7) is 0. The normalized spacial score (nSPS) is 13.4. The van der Waals surface area contributed by atoms with Gasteiger partial charge in [0.2, 0.25) is 0 Å². The van der Waals surface area contributed by atoms with Gasteiger partial charge in [-0.1, -0.05) is 48.5 Å². The van der Waals surface area contributed by atoms with Crippen molar-refractivity contribution >= 4 is 5.91 Å². The minimum Gasteiger partial charge on any atom is -0.371 e. The number of alkyl halides is 1. The van der Waals surface area contributed by atoms with Gasteiger partial charge >= 0.3 is 0 Å². The zero-order chi connectivity index (χ0) is 15.1. The van der Waals surface area contributed by atoms with Gasteiger partial charge in [0.1, 0.15) is 6.17 Å². The van der Waals surface area contributed by atoms with Crippen molar-refractivity contribution < 1.29 is 14.3 Å². The van der Waals surface area contributed by atoms with Crippen LogP contribution < -0.4 is 5.32 Å². The largest absolute Gasteiger partial charge is 0.371 e. The fraction of sp³-hybridized carbons (Fsp3) is 0.235. The fourth-order valence-corrected chi connectivity index (χ4v) is 2.00. The highest BCUT2D eigenvalue weighted by molar-refractivity contribution is 5.94. The van der Waals surface area contributed by atoms with Gasteiger partial charge in [-0.25, -0.2) is 4.39 Å². The van der Waals surface area contributed by atoms with Gasteiger partial charge in [-0.15, -0.1) is 0 Å². The van der Waals surface area contributed by atoms with E-state index in [1.165, 1.54) is 0 Å². The Kier molecular flexibility index (Phi) is 5.46. The molecule has 0 saturated heterocycles. The van der Waals surface area contributed by atoms with Crippen LogP contribution in [-0.2, 0) is 6.42 Å². The highest BCUT2D eigenvalue weighted by Crippen LogP contribution is 2.10. The van der Waals surface area contributed by atoms with E-state index >= 15 is 0 Å². The molecule has 0 radical (unpaired) electrons. The maximum absolute atomic E-state index is 13.9. The molecule has 0 spiro atoms. The first kappa shape index (κ1) is 15.2. The molecule has 2 aromatic rings. The molecule has 0 bridgehead atoms. The van der Waals surface area contributed by atoms with Crippen LogP contribution in [0.5, 0.6) is 0 Å². The molecule has 2 rings (SSSR count). The summed E-state index contributed by atoms with van der Waals surface area (Å²) < 4.78 is 13.9. The molecule has 0 aliphatic rings. The molecule has 0 fully saturated rings. The summed E-state index contributed by atoms with van der Waals surface area (Å²) in [6, 6.07) is 17.9. The lowest BCUT2D eigenvalue weighted by Gasteiger charge is -2.17. The second-order valence-electron chi connectivity index (χ2n) is 4.82. The number of benzene rings is 2. The van der Waals surface area contributed by atoms with Gasteiger partial charge in [0.15, 0.2) is 6.23 Å². The Hall–Kier alpha value is -2.20. The highest BCUT2D eigenvalue weighted by atomic mass is 19.1. The van der Waals surface area contributed by atoms with Gasteiger partial charge in [-0.2, -0.15) is 0 Å². The Labute approximate surface area is 123 Å². The van der Waals surface area contributed by atoms with Crippen LogP contribution in [0.15, 0.2) is 60.7 Å². The lowest BCUT2D eigenvalue weighted by Crippen LogP contribution is -2.41. The number of nitrogens with one attached hydrogen (secondary N) is 1. The number of aliphatic hydroxyl groups is 1. The Bertz CT molecular complexity index is 560. The van der Waals surface area contributed by atoms with Crippen molar-refractivity contribution in [2.45, 2.75) is 25.2 Å². The quantitative estimate of drug-likeness (QED) is 0.803. The van der Waals surface area contributed by atoms with Crippen LogP contribution in [0.4, 0.5) is 4.39 Å². The number of carbonyl (C=O) groups is 1. The van der Waals surface area contributed by atoms with Crippen molar-refractivity contribution in [2.24, 2.45) is 0 Å². The van der Waals surface area contributed by atoms with Crippen LogP contribution in [0.25, 0.3) is 0 Å². The molecule has 0 heterocycles. The SMILES string of the molecule is O=C(N[C@H](O)[C@@H](F)CCc1ccccc1)c1ccccc1. The summed E-state index contributed by atoms with van der Waals surface area (Å²) in [5.41, 5.74) is 1.40. The van der Waals surface area contributed by atoms with Gasteiger partial charge in [0.05, 0.1) is 0 Å². The average molecular weight is 287 g/mol. The summed E-state index contributed by atoms with van der Waals surface area (Å²) in [6.07, 6.45) is -2.33. The van der Waals surface area contributed by atoms with Gasteiger partial charge in [-0.05, 0) is 30.5 Å². The summed E-state index contributed by atoms with van der Waals surface area (Å²) >= 11 is 0. The molecule has 3 nitrogen and oxygen atoms in total. The monoisotopic (exact) mass is 287 g/mol. The molecule has 0 saturated carbocycles. The van der Waals surface area contributed by atoms with Gasteiger partial charge in [-0.3, -0.25) is 4.79 Å². The zero-order valence-corrected chi connectivity index (χ0v) is 11.6. The predicted molar refractivity (Wildman–Crippen MR) is 79.6 cm³/mol. The summed E-state index contributed by atoms with van der Waals surface area (Å²) in [7, 11) is 0.